The molecule has 2 aromatic rings. The predicted molar refractivity (Wildman–Crippen MR) is 67.1 cm³/mol. The van der Waals surface area contributed by atoms with Gasteiger partial charge < -0.3 is 15.8 Å². The van der Waals surface area contributed by atoms with Crippen LogP contribution in [-0.2, 0) is 0 Å². The first-order chi connectivity index (χ1) is 7.99. The zero-order valence-corrected chi connectivity index (χ0v) is 9.74. The van der Waals surface area contributed by atoms with E-state index >= 15 is 0 Å². The van der Waals surface area contributed by atoms with Gasteiger partial charge in [0, 0.05) is 5.69 Å². The van der Waals surface area contributed by atoms with Crippen molar-refractivity contribution in [1.29, 1.82) is 0 Å². The van der Waals surface area contributed by atoms with Crippen LogP contribution in [0.2, 0.25) is 0 Å². The summed E-state index contributed by atoms with van der Waals surface area (Å²) in [6.07, 6.45) is 0. The van der Waals surface area contributed by atoms with Crippen LogP contribution in [-0.4, -0.2) is 16.1 Å². The van der Waals surface area contributed by atoms with Crippen LogP contribution in [0.1, 0.15) is 21.5 Å². The van der Waals surface area contributed by atoms with E-state index in [-0.39, 0.29) is 11.4 Å². The Morgan fingerprint density at radius 3 is 2.47 bits per heavy atom. The zero-order chi connectivity index (χ0) is 12.6. The molecule has 0 saturated heterocycles. The summed E-state index contributed by atoms with van der Waals surface area (Å²) < 4.78 is 0. The van der Waals surface area contributed by atoms with E-state index in [4.69, 9.17) is 10.8 Å². The second-order valence-corrected chi connectivity index (χ2v) is 4.11. The van der Waals surface area contributed by atoms with Gasteiger partial charge in [0.05, 0.1) is 0 Å². The quantitative estimate of drug-likeness (QED) is 0.741. The van der Waals surface area contributed by atoms with Crippen molar-refractivity contribution in [3.63, 3.8) is 0 Å². The number of anilines is 1. The average molecular weight is 230 g/mol. The lowest BCUT2D eigenvalue weighted by molar-refractivity contribution is 0.0698. The standard InChI is InChI=1S/C13H14N2O2/c1-7-3-4-9(5-8(7)2)11-6-10(13(16)17)12(14)15-11/h3-6,15H,14H2,1-2H3,(H,16,17). The van der Waals surface area contributed by atoms with Crippen molar-refractivity contribution in [1.82, 2.24) is 4.98 Å². The van der Waals surface area contributed by atoms with Gasteiger partial charge >= 0.3 is 5.97 Å². The number of benzene rings is 1. The molecule has 88 valence electrons. The van der Waals surface area contributed by atoms with E-state index in [1.807, 2.05) is 32.0 Å². The van der Waals surface area contributed by atoms with Crippen LogP contribution < -0.4 is 5.73 Å². The van der Waals surface area contributed by atoms with Gasteiger partial charge in [0.1, 0.15) is 11.4 Å². The van der Waals surface area contributed by atoms with E-state index in [9.17, 15) is 4.79 Å². The van der Waals surface area contributed by atoms with Crippen molar-refractivity contribution < 1.29 is 9.90 Å². The second-order valence-electron chi connectivity index (χ2n) is 4.11. The number of rotatable bonds is 2. The molecular formula is C13H14N2O2. The lowest BCUT2D eigenvalue weighted by atomic mass is 10.0. The first kappa shape index (κ1) is 11.3. The molecule has 0 aliphatic rings. The average Bonchev–Trinajstić information content (AvgIpc) is 2.64. The predicted octanol–water partition coefficient (Wildman–Crippen LogP) is 2.58. The van der Waals surface area contributed by atoms with E-state index in [0.717, 1.165) is 16.8 Å². The molecule has 4 N–H and O–H groups in total. The fourth-order valence-corrected chi connectivity index (χ4v) is 1.71. The number of aromatic amines is 1. The van der Waals surface area contributed by atoms with Crippen molar-refractivity contribution in [2.45, 2.75) is 13.8 Å². The monoisotopic (exact) mass is 230 g/mol. The van der Waals surface area contributed by atoms with Gasteiger partial charge in [-0.2, -0.15) is 0 Å². The van der Waals surface area contributed by atoms with Crippen molar-refractivity contribution in [2.75, 3.05) is 5.73 Å². The Hall–Kier alpha value is -2.23. The Morgan fingerprint density at radius 2 is 1.94 bits per heavy atom. The van der Waals surface area contributed by atoms with E-state index in [1.165, 1.54) is 5.56 Å². The molecule has 0 unspecified atom stereocenters. The van der Waals surface area contributed by atoms with Crippen LogP contribution in [0.5, 0.6) is 0 Å². The highest BCUT2D eigenvalue weighted by Crippen LogP contribution is 2.25. The minimum absolute atomic E-state index is 0.109. The highest BCUT2D eigenvalue weighted by molar-refractivity contribution is 5.94. The SMILES string of the molecule is Cc1ccc(-c2cc(C(=O)O)c(N)[nH]2)cc1C. The first-order valence-electron chi connectivity index (χ1n) is 5.28. The van der Waals surface area contributed by atoms with E-state index in [1.54, 1.807) is 6.07 Å². The van der Waals surface area contributed by atoms with Crippen LogP contribution in [0, 0.1) is 13.8 Å². The van der Waals surface area contributed by atoms with Crippen LogP contribution in [0.3, 0.4) is 0 Å². The summed E-state index contributed by atoms with van der Waals surface area (Å²) in [5.74, 6) is -0.834. The molecule has 1 heterocycles. The number of carbonyl (C=O) groups is 1. The molecule has 0 aliphatic carbocycles. The summed E-state index contributed by atoms with van der Waals surface area (Å²) in [6.45, 7) is 4.05. The number of H-pyrrole nitrogens is 1. The summed E-state index contributed by atoms with van der Waals surface area (Å²) in [4.78, 5) is 13.8. The van der Waals surface area contributed by atoms with Gasteiger partial charge in [-0.3, -0.25) is 0 Å². The first-order valence-corrected chi connectivity index (χ1v) is 5.28. The number of hydrogen-bond acceptors (Lipinski definition) is 2. The zero-order valence-electron chi connectivity index (χ0n) is 9.74. The van der Waals surface area contributed by atoms with Gasteiger partial charge in [-0.05, 0) is 42.7 Å². The van der Waals surface area contributed by atoms with Gasteiger partial charge in [-0.15, -0.1) is 0 Å². The maximum Gasteiger partial charge on any atom is 0.339 e. The molecule has 1 aromatic carbocycles. The third-order valence-corrected chi connectivity index (χ3v) is 2.90. The van der Waals surface area contributed by atoms with Crippen molar-refractivity contribution in [2.24, 2.45) is 0 Å². The Balaban J connectivity index is 2.50. The van der Waals surface area contributed by atoms with Crippen LogP contribution in [0.25, 0.3) is 11.3 Å². The van der Waals surface area contributed by atoms with Crippen molar-refractivity contribution in [3.05, 3.63) is 41.0 Å². The number of nitrogens with two attached hydrogens (primary N) is 1. The number of aryl methyl sites for hydroxylation is 2. The molecule has 4 nitrogen and oxygen atoms in total. The molecular weight excluding hydrogens is 216 g/mol. The highest BCUT2D eigenvalue weighted by atomic mass is 16.4. The number of nitrogen functional groups attached to an aromatic ring is 1. The number of aromatic carboxylic acids is 1. The minimum Gasteiger partial charge on any atom is -0.478 e. The third kappa shape index (κ3) is 2.01. The van der Waals surface area contributed by atoms with Gasteiger partial charge in [-0.25, -0.2) is 4.79 Å². The molecule has 1 aromatic heterocycles. The van der Waals surface area contributed by atoms with E-state index in [2.05, 4.69) is 4.98 Å². The number of carboxylic acids is 1. The molecule has 0 amide bonds. The molecule has 4 heteroatoms. The van der Waals surface area contributed by atoms with E-state index < -0.39 is 5.97 Å². The molecule has 0 saturated carbocycles. The van der Waals surface area contributed by atoms with Gasteiger partial charge in [-0.1, -0.05) is 12.1 Å². The molecule has 2 rings (SSSR count). The molecule has 0 radical (unpaired) electrons. The number of nitrogens with one attached hydrogen (secondary N) is 1. The van der Waals surface area contributed by atoms with Crippen LogP contribution >= 0.6 is 0 Å². The van der Waals surface area contributed by atoms with Crippen molar-refractivity contribution in [3.8, 4) is 11.3 Å². The molecule has 0 aliphatic heterocycles. The van der Waals surface area contributed by atoms with Gasteiger partial charge in [0.25, 0.3) is 0 Å². The lowest BCUT2D eigenvalue weighted by Crippen LogP contribution is -1.98. The summed E-state index contributed by atoms with van der Waals surface area (Å²) in [7, 11) is 0. The van der Waals surface area contributed by atoms with Crippen LogP contribution in [0.4, 0.5) is 5.82 Å². The number of carboxylic acid groups (broad SMARTS) is 1. The maximum atomic E-state index is 10.9. The molecule has 17 heavy (non-hydrogen) atoms. The summed E-state index contributed by atoms with van der Waals surface area (Å²) >= 11 is 0. The Bertz CT molecular complexity index is 585. The maximum absolute atomic E-state index is 10.9. The summed E-state index contributed by atoms with van der Waals surface area (Å²) in [5.41, 5.74) is 9.74. The topological polar surface area (TPSA) is 79.1 Å². The van der Waals surface area contributed by atoms with Crippen molar-refractivity contribution >= 4 is 11.8 Å². The largest absolute Gasteiger partial charge is 0.478 e. The Morgan fingerprint density at radius 1 is 1.24 bits per heavy atom. The van der Waals surface area contributed by atoms with E-state index in [0.29, 0.717) is 0 Å². The molecule has 0 atom stereocenters. The third-order valence-electron chi connectivity index (χ3n) is 2.90. The highest BCUT2D eigenvalue weighted by Gasteiger charge is 2.13. The van der Waals surface area contributed by atoms with Gasteiger partial charge in [0.2, 0.25) is 0 Å². The molecule has 0 spiro atoms. The lowest BCUT2D eigenvalue weighted by Gasteiger charge is -2.03. The fraction of sp³-hybridized carbons (Fsp3) is 0.154. The summed E-state index contributed by atoms with van der Waals surface area (Å²) in [5, 5.41) is 8.92. The Kier molecular flexibility index (Phi) is 2.63. The molecule has 0 bridgehead atoms. The second kappa shape index (κ2) is 3.97. The smallest absolute Gasteiger partial charge is 0.339 e. The minimum atomic E-state index is -1.02. The Labute approximate surface area is 99.1 Å². The number of aromatic nitrogens is 1. The van der Waals surface area contributed by atoms with Crippen LogP contribution in [0.15, 0.2) is 24.3 Å². The fourth-order valence-electron chi connectivity index (χ4n) is 1.71. The van der Waals surface area contributed by atoms with Gasteiger partial charge in [0.15, 0.2) is 0 Å². The normalized spacial score (nSPS) is 10.5. The summed E-state index contributed by atoms with van der Waals surface area (Å²) in [6, 6.07) is 7.51. The molecule has 0 fully saturated rings. The number of hydrogen-bond donors (Lipinski definition) is 3.